The molecule has 4 aliphatic rings. The van der Waals surface area contributed by atoms with E-state index in [1.54, 1.807) is 26.9 Å². The summed E-state index contributed by atoms with van der Waals surface area (Å²) in [5.74, 6) is -0.641. The predicted octanol–water partition coefficient (Wildman–Crippen LogP) is 2.68. The van der Waals surface area contributed by atoms with Crippen LogP contribution in [0.5, 0.6) is 0 Å². The molecule has 290 valence electrons. The van der Waals surface area contributed by atoms with Crippen LogP contribution in [0.4, 0.5) is 10.1 Å². The number of imide groups is 1. The monoisotopic (exact) mass is 770 g/mol. The third kappa shape index (κ3) is 6.81. The summed E-state index contributed by atoms with van der Waals surface area (Å²) in [4.78, 5) is 57.7. The second kappa shape index (κ2) is 14.6. The van der Waals surface area contributed by atoms with Crippen LogP contribution in [0.15, 0.2) is 58.8 Å². The molecule has 0 spiro atoms. The molecule has 6 heterocycles. The molecule has 57 heavy (non-hydrogen) atoms. The van der Waals surface area contributed by atoms with Gasteiger partial charge in [0.05, 0.1) is 39.9 Å². The van der Waals surface area contributed by atoms with Gasteiger partial charge in [-0.3, -0.25) is 28.8 Å². The lowest BCUT2D eigenvalue weighted by Crippen LogP contribution is -2.44. The minimum atomic E-state index is -0.696. The first-order chi connectivity index (χ1) is 27.6. The van der Waals surface area contributed by atoms with E-state index >= 15 is 4.39 Å². The molecule has 2 N–H and O–H groups in total. The van der Waals surface area contributed by atoms with Crippen molar-refractivity contribution in [3.8, 4) is 6.07 Å². The number of nitriles is 1. The number of nitrogens with one attached hydrogen (secondary N) is 2. The number of piperidine rings is 2. The molecule has 15 nitrogen and oxygen atoms in total. The lowest BCUT2D eigenvalue weighted by molar-refractivity contribution is -0.424. The summed E-state index contributed by atoms with van der Waals surface area (Å²) in [5.41, 5.74) is 3.26. The van der Waals surface area contributed by atoms with Crippen LogP contribution in [-0.2, 0) is 16.6 Å². The first kappa shape index (κ1) is 36.3. The summed E-state index contributed by atoms with van der Waals surface area (Å²) in [7, 11) is 1.77. The summed E-state index contributed by atoms with van der Waals surface area (Å²) in [6.45, 7) is 3.01. The summed E-state index contributed by atoms with van der Waals surface area (Å²) in [6, 6.07) is 10.2. The number of aryl methyl sites for hydroxylation is 1. The SMILES string of the molecule is Cn1c(=O)n(C2CCC(=O)NC2=O)c2cccc(C3CCN(CC4CCC(/C=[N+]5/C=c6cc(NC(=O)c7cnn8cc(C#N)cnc78)c(F)cc6=N5)CC4)CC3)c21. The van der Waals surface area contributed by atoms with Crippen LogP contribution in [0.1, 0.15) is 84.8 Å². The predicted molar refractivity (Wildman–Crippen MR) is 206 cm³/mol. The number of aromatic nitrogens is 5. The number of hydrogen-bond acceptors (Lipinski definition) is 9. The van der Waals surface area contributed by atoms with Gasteiger partial charge in [-0.15, -0.1) is 0 Å². The topological polar surface area (TPSA) is 175 Å². The summed E-state index contributed by atoms with van der Waals surface area (Å²) in [6.07, 6.45) is 14.9. The zero-order chi connectivity index (χ0) is 39.4. The largest absolute Gasteiger partial charge is 0.329 e. The summed E-state index contributed by atoms with van der Waals surface area (Å²) >= 11 is 0. The van der Waals surface area contributed by atoms with Gasteiger partial charge >= 0.3 is 5.69 Å². The number of fused-ring (bicyclic) bond motifs is 3. The molecule has 2 saturated heterocycles. The highest BCUT2D eigenvalue weighted by molar-refractivity contribution is 6.08. The molecule has 3 amide bonds. The van der Waals surface area contributed by atoms with E-state index < -0.39 is 23.7 Å². The van der Waals surface area contributed by atoms with Crippen molar-refractivity contribution in [2.24, 2.45) is 24.0 Å². The number of likely N-dealkylation sites (tertiary alicyclic amines) is 1. The molecule has 9 rings (SSSR count). The number of halogens is 1. The number of carbonyl (C=O) groups excluding carboxylic acids is 3. The van der Waals surface area contributed by atoms with Crippen LogP contribution in [0.25, 0.3) is 22.9 Å². The Morgan fingerprint density at radius 1 is 1.09 bits per heavy atom. The zero-order valence-electron chi connectivity index (χ0n) is 31.4. The number of rotatable bonds is 7. The molecule has 5 aromatic rings. The minimum Gasteiger partial charge on any atom is -0.319 e. The number of anilines is 1. The van der Waals surface area contributed by atoms with E-state index in [1.807, 2.05) is 24.4 Å². The molecule has 1 saturated carbocycles. The molecule has 2 aromatic carbocycles. The lowest BCUT2D eigenvalue weighted by Gasteiger charge is -2.36. The third-order valence-corrected chi connectivity index (χ3v) is 12.0. The van der Waals surface area contributed by atoms with E-state index in [1.165, 1.54) is 29.2 Å². The molecule has 3 aromatic heterocycles. The zero-order valence-corrected chi connectivity index (χ0v) is 31.4. The van der Waals surface area contributed by atoms with E-state index in [0.717, 1.165) is 74.8 Å². The molecular weight excluding hydrogens is 730 g/mol. The lowest BCUT2D eigenvalue weighted by atomic mass is 9.81. The van der Waals surface area contributed by atoms with E-state index in [2.05, 4.69) is 43.0 Å². The van der Waals surface area contributed by atoms with Gasteiger partial charge in [0.2, 0.25) is 18.0 Å². The number of nitrogens with zero attached hydrogens (tertiary/aromatic N) is 9. The Morgan fingerprint density at radius 3 is 2.67 bits per heavy atom. The van der Waals surface area contributed by atoms with E-state index in [-0.39, 0.29) is 34.9 Å². The van der Waals surface area contributed by atoms with E-state index in [4.69, 9.17) is 5.26 Å². The first-order valence-corrected chi connectivity index (χ1v) is 19.5. The smallest absolute Gasteiger partial charge is 0.319 e. The molecule has 0 radical (unpaired) electrons. The fraction of sp³-hybridized carbons (Fsp3) is 0.390. The Bertz CT molecular complexity index is 2740. The number of imidazole rings is 1. The van der Waals surface area contributed by atoms with Gasteiger partial charge in [-0.25, -0.2) is 18.7 Å². The van der Waals surface area contributed by atoms with Crippen LogP contribution in [-0.4, -0.2) is 76.9 Å². The molecule has 1 unspecified atom stereocenters. The Labute approximate surface area is 325 Å². The Hall–Kier alpha value is -6.34. The molecule has 16 heteroatoms. The highest BCUT2D eigenvalue weighted by atomic mass is 19.1. The van der Waals surface area contributed by atoms with Crippen LogP contribution < -0.4 is 26.9 Å². The van der Waals surface area contributed by atoms with E-state index in [9.17, 15) is 19.2 Å². The maximum Gasteiger partial charge on any atom is 0.329 e. The summed E-state index contributed by atoms with van der Waals surface area (Å²) in [5, 5.41) is 24.0. The van der Waals surface area contributed by atoms with Gasteiger partial charge in [0.25, 0.3) is 5.91 Å². The normalized spacial score (nSPS) is 22.3. The number of para-hydroxylation sites is 1. The number of amides is 3. The maximum atomic E-state index is 15.1. The first-order valence-electron chi connectivity index (χ1n) is 19.5. The van der Waals surface area contributed by atoms with Crippen molar-refractivity contribution in [1.29, 1.82) is 5.26 Å². The fourth-order valence-corrected chi connectivity index (χ4v) is 9.08. The minimum absolute atomic E-state index is 0.0242. The standard InChI is InChI=1S/C41H40FN11O4/c1-49-37-29(3-2-4-34(37)53(41(49)57)35-9-10-36(54)47-40(35)56)27-11-13-50(14-12-27)20-24-5-7-25(8-6-24)21-51-23-28-15-33(31(42)16-32(28)48-51)46-39(55)30-19-45-52-22-26(17-43)18-44-38(30)52/h2-4,15-16,18-19,21-25,27,35H,5-14,20H2,1H3,(H-,46,47,54,55,56)/p+1/b51-21-. The highest BCUT2D eigenvalue weighted by Gasteiger charge is 2.33. The Balaban J connectivity index is 0.797. The highest BCUT2D eigenvalue weighted by Crippen LogP contribution is 2.36. The Morgan fingerprint density at radius 2 is 1.89 bits per heavy atom. The van der Waals surface area contributed by atoms with Gasteiger partial charge in [-0.1, -0.05) is 16.8 Å². The van der Waals surface area contributed by atoms with Crippen molar-refractivity contribution in [2.45, 2.75) is 63.3 Å². The third-order valence-electron chi connectivity index (χ3n) is 12.0. The fourth-order valence-electron chi connectivity index (χ4n) is 9.08. The summed E-state index contributed by atoms with van der Waals surface area (Å²) < 4.78 is 21.5. The molecule has 1 aliphatic carbocycles. The van der Waals surface area contributed by atoms with E-state index in [0.29, 0.717) is 40.3 Å². The molecular formula is C41H41FN11O4+. The quantitative estimate of drug-likeness (QED) is 0.188. The average molecular weight is 771 g/mol. The van der Waals surface area contributed by atoms with Crippen molar-refractivity contribution >= 4 is 52.5 Å². The van der Waals surface area contributed by atoms with Crippen LogP contribution in [0, 0.1) is 29.0 Å². The molecule has 3 fully saturated rings. The van der Waals surface area contributed by atoms with Crippen LogP contribution >= 0.6 is 0 Å². The van der Waals surface area contributed by atoms with Crippen molar-refractivity contribution in [3.63, 3.8) is 0 Å². The van der Waals surface area contributed by atoms with Gasteiger partial charge in [0.15, 0.2) is 11.9 Å². The maximum absolute atomic E-state index is 15.1. The average Bonchev–Trinajstić information content (AvgIpc) is 3.89. The molecule has 1 atom stereocenters. The molecule has 3 aliphatic heterocycles. The number of benzene rings is 2. The van der Waals surface area contributed by atoms with Crippen LogP contribution in [0.2, 0.25) is 0 Å². The van der Waals surface area contributed by atoms with Gasteiger partial charge in [-0.2, -0.15) is 10.4 Å². The molecule has 0 bridgehead atoms. The number of carbonyl (C=O) groups is 3. The van der Waals surface area contributed by atoms with Crippen molar-refractivity contribution in [2.75, 3.05) is 25.0 Å². The van der Waals surface area contributed by atoms with Crippen LogP contribution in [0.3, 0.4) is 0 Å². The van der Waals surface area contributed by atoms with Gasteiger partial charge in [0.1, 0.15) is 28.8 Å². The second-order valence-corrected chi connectivity index (χ2v) is 15.6. The number of hydrogen-bond donors (Lipinski definition) is 2. The van der Waals surface area contributed by atoms with Gasteiger partial charge in [-0.05, 0) is 87.6 Å². The Kier molecular flexibility index (Phi) is 9.32. The van der Waals surface area contributed by atoms with Gasteiger partial charge < -0.3 is 10.2 Å². The van der Waals surface area contributed by atoms with Gasteiger partial charge in [0, 0.05) is 43.3 Å². The van der Waals surface area contributed by atoms with Crippen molar-refractivity contribution < 1.29 is 23.5 Å². The van der Waals surface area contributed by atoms with Crippen molar-refractivity contribution in [3.05, 3.63) is 92.5 Å². The van der Waals surface area contributed by atoms with Crippen molar-refractivity contribution in [1.82, 2.24) is 33.9 Å². The second-order valence-electron chi connectivity index (χ2n) is 15.6.